The molecule has 0 aliphatic rings. The van der Waals surface area contributed by atoms with E-state index in [1.165, 1.54) is 11.2 Å². The first kappa shape index (κ1) is 19.0. The van der Waals surface area contributed by atoms with Crippen LogP contribution in [-0.4, -0.2) is 5.16 Å². The number of nitrogens with two attached hydrogens (primary N) is 2. The maximum Gasteiger partial charge on any atom is 0.141 e. The maximum atomic E-state index is 5.94. The molecule has 2 aromatic carbocycles. The van der Waals surface area contributed by atoms with Crippen LogP contribution in [0.4, 0.5) is 17.1 Å². The van der Waals surface area contributed by atoms with Gasteiger partial charge in [0.2, 0.25) is 0 Å². The molecule has 0 fully saturated rings. The lowest BCUT2D eigenvalue weighted by Gasteiger charge is -2.17. The highest BCUT2D eigenvalue weighted by atomic mass is 79.9. The Balaban J connectivity index is 1.92. The first-order chi connectivity index (χ1) is 12.9. The third kappa shape index (κ3) is 3.99. The number of anilines is 3. The summed E-state index contributed by atoms with van der Waals surface area (Å²) < 4.78 is 6.16. The minimum atomic E-state index is 0.809. The fourth-order valence-corrected chi connectivity index (χ4v) is 3.51. The fourth-order valence-electron chi connectivity index (χ4n) is 2.93. The van der Waals surface area contributed by atoms with Crippen LogP contribution >= 0.6 is 15.9 Å². The predicted molar refractivity (Wildman–Crippen MR) is 114 cm³/mol. The number of rotatable bonds is 5. The molecule has 0 saturated heterocycles. The SMILES string of the molecule is Cc1ccc(-c2c(C)noc2C)cc1Nc1ccc(N(N)/C=C\N)c(Br)c1. The van der Waals surface area contributed by atoms with Gasteiger partial charge in [0.1, 0.15) is 5.76 Å². The molecule has 1 aromatic heterocycles. The normalized spacial score (nSPS) is 11.1. The third-order valence-corrected chi connectivity index (χ3v) is 4.95. The van der Waals surface area contributed by atoms with Crippen molar-refractivity contribution < 1.29 is 4.52 Å². The number of hydrogen-bond donors (Lipinski definition) is 3. The number of halogens is 1. The highest BCUT2D eigenvalue weighted by Gasteiger charge is 2.13. The van der Waals surface area contributed by atoms with Crippen LogP contribution in [0.5, 0.6) is 0 Å². The number of nitrogens with zero attached hydrogens (tertiary/aromatic N) is 2. The van der Waals surface area contributed by atoms with Crippen molar-refractivity contribution in [2.24, 2.45) is 11.6 Å². The van der Waals surface area contributed by atoms with Gasteiger partial charge in [0, 0.05) is 33.8 Å². The van der Waals surface area contributed by atoms with Gasteiger partial charge in [-0.25, -0.2) is 5.84 Å². The van der Waals surface area contributed by atoms with Crippen molar-refractivity contribution in [3.8, 4) is 11.1 Å². The van der Waals surface area contributed by atoms with Gasteiger partial charge in [-0.3, -0.25) is 5.01 Å². The average Bonchev–Trinajstić information content (AvgIpc) is 2.96. The van der Waals surface area contributed by atoms with E-state index in [0.29, 0.717) is 0 Å². The van der Waals surface area contributed by atoms with Gasteiger partial charge in [0.25, 0.3) is 0 Å². The summed E-state index contributed by atoms with van der Waals surface area (Å²) >= 11 is 3.56. The van der Waals surface area contributed by atoms with Gasteiger partial charge in [-0.2, -0.15) is 0 Å². The van der Waals surface area contributed by atoms with E-state index in [1.54, 1.807) is 6.20 Å². The molecule has 5 N–H and O–H groups in total. The monoisotopic (exact) mass is 427 g/mol. The molecular weight excluding hydrogens is 406 g/mol. The van der Waals surface area contributed by atoms with E-state index in [2.05, 4.69) is 51.5 Å². The molecule has 6 nitrogen and oxygen atoms in total. The summed E-state index contributed by atoms with van der Waals surface area (Å²) in [4.78, 5) is 0. The van der Waals surface area contributed by atoms with Crippen molar-refractivity contribution in [1.82, 2.24) is 5.16 Å². The van der Waals surface area contributed by atoms with Crippen molar-refractivity contribution in [2.45, 2.75) is 20.8 Å². The van der Waals surface area contributed by atoms with E-state index in [-0.39, 0.29) is 0 Å². The van der Waals surface area contributed by atoms with Gasteiger partial charge in [0.15, 0.2) is 0 Å². The van der Waals surface area contributed by atoms with E-state index < -0.39 is 0 Å². The molecule has 0 bridgehead atoms. The Morgan fingerprint density at radius 1 is 1.15 bits per heavy atom. The maximum absolute atomic E-state index is 5.94. The topological polar surface area (TPSA) is 93.3 Å². The van der Waals surface area contributed by atoms with Gasteiger partial charge in [0.05, 0.1) is 11.4 Å². The fraction of sp³-hybridized carbons (Fsp3) is 0.150. The van der Waals surface area contributed by atoms with Crippen molar-refractivity contribution in [3.05, 3.63) is 70.3 Å². The van der Waals surface area contributed by atoms with Crippen molar-refractivity contribution in [3.63, 3.8) is 0 Å². The van der Waals surface area contributed by atoms with Gasteiger partial charge in [-0.1, -0.05) is 17.3 Å². The minimum Gasteiger partial charge on any atom is -0.403 e. The number of hydrogen-bond acceptors (Lipinski definition) is 6. The van der Waals surface area contributed by atoms with Gasteiger partial charge < -0.3 is 15.6 Å². The molecule has 7 heteroatoms. The summed E-state index contributed by atoms with van der Waals surface area (Å²) in [6.07, 6.45) is 2.98. The summed E-state index contributed by atoms with van der Waals surface area (Å²) in [5.41, 5.74) is 12.3. The van der Waals surface area contributed by atoms with Crippen molar-refractivity contribution in [2.75, 3.05) is 10.3 Å². The standard InChI is InChI=1S/C20H22BrN5O/c1-12-4-5-15(20-13(2)25-27-14(20)3)10-18(12)24-16-6-7-19(17(21)11-16)26(23)9-8-22/h4-11,24H,22-23H2,1-3H3/b9-8-. The molecule has 1 heterocycles. The highest BCUT2D eigenvalue weighted by Crippen LogP contribution is 2.33. The molecule has 0 radical (unpaired) electrons. The molecular formula is C20H22BrN5O. The van der Waals surface area contributed by atoms with Crippen LogP contribution in [-0.2, 0) is 0 Å². The van der Waals surface area contributed by atoms with Crippen molar-refractivity contribution in [1.29, 1.82) is 0 Å². The molecule has 0 atom stereocenters. The lowest BCUT2D eigenvalue weighted by Crippen LogP contribution is -2.24. The second-order valence-corrected chi connectivity index (χ2v) is 7.12. The molecule has 3 aromatic rings. The van der Waals surface area contributed by atoms with Crippen LogP contribution in [0.15, 0.2) is 57.8 Å². The van der Waals surface area contributed by atoms with Gasteiger partial charge >= 0.3 is 0 Å². The number of nitrogens with one attached hydrogen (secondary N) is 1. The largest absolute Gasteiger partial charge is 0.403 e. The molecule has 140 valence electrons. The molecule has 27 heavy (non-hydrogen) atoms. The Hall–Kier alpha value is -2.77. The van der Waals surface area contributed by atoms with E-state index in [4.69, 9.17) is 16.1 Å². The number of hydrazine groups is 1. The molecule has 3 rings (SSSR count). The first-order valence-electron chi connectivity index (χ1n) is 8.43. The van der Waals surface area contributed by atoms with Crippen molar-refractivity contribution >= 4 is 33.0 Å². The summed E-state index contributed by atoms with van der Waals surface area (Å²) in [5, 5.41) is 8.97. The molecule has 0 unspecified atom stereocenters. The number of aromatic nitrogens is 1. The quantitative estimate of drug-likeness (QED) is 0.396. The number of benzene rings is 2. The molecule has 0 amide bonds. The minimum absolute atomic E-state index is 0.809. The van der Waals surface area contributed by atoms with Crippen LogP contribution in [0.1, 0.15) is 17.0 Å². The summed E-state index contributed by atoms with van der Waals surface area (Å²) in [6, 6.07) is 12.1. The summed E-state index contributed by atoms with van der Waals surface area (Å²) in [5.74, 6) is 6.75. The zero-order chi connectivity index (χ0) is 19.6. The highest BCUT2D eigenvalue weighted by molar-refractivity contribution is 9.10. The van der Waals surface area contributed by atoms with E-state index in [1.807, 2.05) is 32.0 Å². The van der Waals surface area contributed by atoms with Gasteiger partial charge in [-0.05, 0) is 72.1 Å². The predicted octanol–water partition coefficient (Wildman–Crippen LogP) is 4.88. The Kier molecular flexibility index (Phi) is 5.53. The molecule has 0 aliphatic heterocycles. The van der Waals surface area contributed by atoms with Gasteiger partial charge in [-0.15, -0.1) is 0 Å². The second kappa shape index (κ2) is 7.85. The Morgan fingerprint density at radius 2 is 1.93 bits per heavy atom. The first-order valence-corrected chi connectivity index (χ1v) is 9.23. The Morgan fingerprint density at radius 3 is 2.56 bits per heavy atom. The van der Waals surface area contributed by atoms with E-state index in [0.717, 1.165) is 49.7 Å². The van der Waals surface area contributed by atoms with Crippen LogP contribution < -0.4 is 21.9 Å². The summed E-state index contributed by atoms with van der Waals surface area (Å²) in [7, 11) is 0. The summed E-state index contributed by atoms with van der Waals surface area (Å²) in [6.45, 7) is 5.94. The average molecular weight is 428 g/mol. The second-order valence-electron chi connectivity index (χ2n) is 6.27. The third-order valence-electron chi connectivity index (χ3n) is 4.31. The Labute approximate surface area is 166 Å². The smallest absolute Gasteiger partial charge is 0.141 e. The van der Waals surface area contributed by atoms with E-state index in [9.17, 15) is 0 Å². The lowest BCUT2D eigenvalue weighted by atomic mass is 10.0. The Bertz CT molecular complexity index is 977. The van der Waals surface area contributed by atoms with Crippen LogP contribution in [0.2, 0.25) is 0 Å². The molecule has 0 spiro atoms. The zero-order valence-electron chi connectivity index (χ0n) is 15.5. The molecule has 0 saturated carbocycles. The zero-order valence-corrected chi connectivity index (χ0v) is 17.0. The van der Waals surface area contributed by atoms with Crippen LogP contribution in [0.25, 0.3) is 11.1 Å². The van der Waals surface area contributed by atoms with Crippen LogP contribution in [0.3, 0.4) is 0 Å². The molecule has 0 aliphatic carbocycles. The lowest BCUT2D eigenvalue weighted by molar-refractivity contribution is 0.393. The number of aryl methyl sites for hydroxylation is 3. The van der Waals surface area contributed by atoms with E-state index >= 15 is 0 Å². The van der Waals surface area contributed by atoms with Crippen LogP contribution in [0, 0.1) is 20.8 Å².